The summed E-state index contributed by atoms with van der Waals surface area (Å²) < 4.78 is 0. The number of hydrogen-bond acceptors (Lipinski definition) is 2. The topological polar surface area (TPSA) is 25.8 Å². The van der Waals surface area contributed by atoms with Crippen molar-refractivity contribution < 1.29 is 0 Å². The molecule has 0 saturated heterocycles. The molecule has 0 aromatic carbocycles. The van der Waals surface area contributed by atoms with Crippen LogP contribution in [0.2, 0.25) is 0 Å². The van der Waals surface area contributed by atoms with E-state index in [1.807, 2.05) is 12.1 Å². The molecule has 1 aromatic rings. The van der Waals surface area contributed by atoms with E-state index in [2.05, 4.69) is 63.9 Å². The Morgan fingerprint density at radius 1 is 1.00 bits per heavy atom. The summed E-state index contributed by atoms with van der Waals surface area (Å²) in [6.45, 7) is 13.1. The fraction of sp³-hybridized carbons (Fsp3) is 0.600. The van der Waals surface area contributed by atoms with E-state index >= 15 is 0 Å². The van der Waals surface area contributed by atoms with Gasteiger partial charge < -0.3 is 0 Å². The summed E-state index contributed by atoms with van der Waals surface area (Å²) in [6.07, 6.45) is 5.15. The van der Waals surface area contributed by atoms with Gasteiger partial charge in [-0.15, -0.1) is 0 Å². The standard InChI is InChI=1S/C15H24N2/c1-14(2,3)10-9-12-7-8-13(17-16-12)11-15(4,5)6/h7-10H,11H2,1-6H3/b10-9+. The quantitative estimate of drug-likeness (QED) is 0.766. The molecular formula is C15H24N2. The predicted molar refractivity (Wildman–Crippen MR) is 73.7 cm³/mol. The van der Waals surface area contributed by atoms with Crippen molar-refractivity contribution in [2.45, 2.75) is 48.0 Å². The van der Waals surface area contributed by atoms with Gasteiger partial charge in [-0.25, -0.2) is 0 Å². The predicted octanol–water partition coefficient (Wildman–Crippen LogP) is 4.12. The van der Waals surface area contributed by atoms with Crippen molar-refractivity contribution in [1.82, 2.24) is 10.2 Å². The van der Waals surface area contributed by atoms with Gasteiger partial charge in [-0.05, 0) is 35.5 Å². The molecule has 2 heteroatoms. The average Bonchev–Trinajstić information content (AvgIpc) is 2.13. The Morgan fingerprint density at radius 3 is 2.06 bits per heavy atom. The van der Waals surface area contributed by atoms with Gasteiger partial charge in [0.05, 0.1) is 11.4 Å². The average molecular weight is 232 g/mol. The van der Waals surface area contributed by atoms with Crippen molar-refractivity contribution in [2.24, 2.45) is 10.8 Å². The Morgan fingerprint density at radius 2 is 1.65 bits per heavy atom. The van der Waals surface area contributed by atoms with Crippen LogP contribution < -0.4 is 0 Å². The molecule has 94 valence electrons. The van der Waals surface area contributed by atoms with Gasteiger partial charge in [-0.3, -0.25) is 0 Å². The molecule has 17 heavy (non-hydrogen) atoms. The highest BCUT2D eigenvalue weighted by Crippen LogP contribution is 2.19. The van der Waals surface area contributed by atoms with Gasteiger partial charge in [0, 0.05) is 0 Å². The van der Waals surface area contributed by atoms with Gasteiger partial charge in [0.15, 0.2) is 0 Å². The third-order valence-electron chi connectivity index (χ3n) is 2.21. The molecule has 0 amide bonds. The highest BCUT2D eigenvalue weighted by atomic mass is 15.1. The van der Waals surface area contributed by atoms with E-state index in [1.165, 1.54) is 0 Å². The smallest absolute Gasteiger partial charge is 0.0854 e. The number of hydrogen-bond donors (Lipinski definition) is 0. The van der Waals surface area contributed by atoms with E-state index in [1.54, 1.807) is 0 Å². The first-order valence-corrected chi connectivity index (χ1v) is 6.18. The molecule has 0 radical (unpaired) electrons. The zero-order valence-electron chi connectivity index (χ0n) is 11.9. The lowest BCUT2D eigenvalue weighted by molar-refractivity contribution is 0.404. The number of nitrogens with zero attached hydrogens (tertiary/aromatic N) is 2. The summed E-state index contributed by atoms with van der Waals surface area (Å²) >= 11 is 0. The summed E-state index contributed by atoms with van der Waals surface area (Å²) in [6, 6.07) is 4.11. The lowest BCUT2D eigenvalue weighted by atomic mass is 9.90. The normalized spacial score (nSPS) is 13.3. The number of aromatic nitrogens is 2. The van der Waals surface area contributed by atoms with Crippen LogP contribution in [0.25, 0.3) is 6.08 Å². The van der Waals surface area contributed by atoms with Crippen molar-refractivity contribution in [1.29, 1.82) is 0 Å². The highest BCUT2D eigenvalue weighted by Gasteiger charge is 2.12. The summed E-state index contributed by atoms with van der Waals surface area (Å²) in [5, 5.41) is 8.49. The summed E-state index contributed by atoms with van der Waals surface area (Å²) in [5.41, 5.74) is 2.44. The van der Waals surface area contributed by atoms with Crippen LogP contribution in [0.5, 0.6) is 0 Å². The van der Waals surface area contributed by atoms with Gasteiger partial charge in [-0.2, -0.15) is 10.2 Å². The zero-order valence-corrected chi connectivity index (χ0v) is 11.9. The molecule has 0 spiro atoms. The van der Waals surface area contributed by atoms with Crippen LogP contribution >= 0.6 is 0 Å². The molecule has 0 bridgehead atoms. The maximum atomic E-state index is 4.26. The van der Waals surface area contributed by atoms with Gasteiger partial charge in [0.1, 0.15) is 0 Å². The summed E-state index contributed by atoms with van der Waals surface area (Å²) in [5.74, 6) is 0. The third kappa shape index (κ3) is 6.20. The zero-order chi connectivity index (χ0) is 13.1. The molecular weight excluding hydrogens is 208 g/mol. The fourth-order valence-corrected chi connectivity index (χ4v) is 1.43. The fourth-order valence-electron chi connectivity index (χ4n) is 1.43. The monoisotopic (exact) mass is 232 g/mol. The second-order valence-corrected chi connectivity index (χ2v) is 6.89. The third-order valence-corrected chi connectivity index (χ3v) is 2.21. The van der Waals surface area contributed by atoms with Crippen LogP contribution in [-0.4, -0.2) is 10.2 Å². The Balaban J connectivity index is 2.72. The Hall–Kier alpha value is -1.18. The van der Waals surface area contributed by atoms with Crippen molar-refractivity contribution in [3.63, 3.8) is 0 Å². The van der Waals surface area contributed by atoms with Crippen LogP contribution in [0.15, 0.2) is 18.2 Å². The lowest BCUT2D eigenvalue weighted by Gasteiger charge is -2.16. The summed E-state index contributed by atoms with van der Waals surface area (Å²) in [4.78, 5) is 0. The minimum absolute atomic E-state index is 0.186. The molecule has 0 aliphatic rings. The van der Waals surface area contributed by atoms with Gasteiger partial charge >= 0.3 is 0 Å². The van der Waals surface area contributed by atoms with E-state index in [9.17, 15) is 0 Å². The lowest BCUT2D eigenvalue weighted by Crippen LogP contribution is -2.11. The SMILES string of the molecule is CC(C)(C)/C=C/c1ccc(CC(C)(C)C)nn1. The van der Waals surface area contributed by atoms with Crippen LogP contribution in [-0.2, 0) is 6.42 Å². The minimum Gasteiger partial charge on any atom is -0.155 e. The molecule has 0 saturated carbocycles. The van der Waals surface area contributed by atoms with Crippen LogP contribution in [0, 0.1) is 10.8 Å². The molecule has 1 aromatic heterocycles. The first-order chi connectivity index (χ1) is 7.66. The molecule has 1 heterocycles. The molecule has 1 rings (SSSR count). The molecule has 0 N–H and O–H groups in total. The maximum Gasteiger partial charge on any atom is 0.0854 e. The second kappa shape index (κ2) is 4.99. The highest BCUT2D eigenvalue weighted by molar-refractivity contribution is 5.44. The molecule has 0 atom stereocenters. The molecule has 0 aliphatic carbocycles. The van der Waals surface area contributed by atoms with Gasteiger partial charge in [0.2, 0.25) is 0 Å². The Kier molecular flexibility index (Phi) is 4.07. The van der Waals surface area contributed by atoms with Crippen LogP contribution in [0.4, 0.5) is 0 Å². The van der Waals surface area contributed by atoms with E-state index in [0.717, 1.165) is 17.8 Å². The first kappa shape index (κ1) is 13.9. The van der Waals surface area contributed by atoms with Crippen molar-refractivity contribution in [3.05, 3.63) is 29.6 Å². The van der Waals surface area contributed by atoms with E-state index in [0.29, 0.717) is 0 Å². The molecule has 2 nitrogen and oxygen atoms in total. The van der Waals surface area contributed by atoms with Crippen molar-refractivity contribution in [3.8, 4) is 0 Å². The number of rotatable bonds is 2. The van der Waals surface area contributed by atoms with E-state index in [-0.39, 0.29) is 10.8 Å². The second-order valence-electron chi connectivity index (χ2n) is 6.89. The molecule has 0 fully saturated rings. The molecule has 0 aliphatic heterocycles. The van der Waals surface area contributed by atoms with Crippen molar-refractivity contribution >= 4 is 6.08 Å². The Bertz CT molecular complexity index is 375. The van der Waals surface area contributed by atoms with Crippen molar-refractivity contribution in [2.75, 3.05) is 0 Å². The van der Waals surface area contributed by atoms with Crippen LogP contribution in [0.3, 0.4) is 0 Å². The van der Waals surface area contributed by atoms with E-state index < -0.39 is 0 Å². The molecule has 0 unspecified atom stereocenters. The largest absolute Gasteiger partial charge is 0.155 e. The first-order valence-electron chi connectivity index (χ1n) is 6.18. The maximum absolute atomic E-state index is 4.26. The summed E-state index contributed by atoms with van der Waals surface area (Å²) in [7, 11) is 0. The van der Waals surface area contributed by atoms with E-state index in [4.69, 9.17) is 0 Å². The van der Waals surface area contributed by atoms with Crippen LogP contribution in [0.1, 0.15) is 52.9 Å². The van der Waals surface area contributed by atoms with Gasteiger partial charge in [0.25, 0.3) is 0 Å². The minimum atomic E-state index is 0.186. The van der Waals surface area contributed by atoms with Gasteiger partial charge in [-0.1, -0.05) is 47.6 Å². The Labute approximate surface area is 105 Å². The number of allylic oxidation sites excluding steroid dienone is 1.